The van der Waals surface area contributed by atoms with E-state index in [4.69, 9.17) is 16.3 Å². The van der Waals surface area contributed by atoms with Gasteiger partial charge in [-0.2, -0.15) is 5.10 Å². The molecular weight excluding hydrogens is 400 g/mol. The number of nitrogens with one attached hydrogen (secondary N) is 1. The van der Waals surface area contributed by atoms with Gasteiger partial charge in [0.05, 0.1) is 18.7 Å². The molecule has 0 atom stereocenters. The van der Waals surface area contributed by atoms with Crippen LogP contribution in [0.5, 0.6) is 0 Å². The summed E-state index contributed by atoms with van der Waals surface area (Å²) in [6.45, 7) is 8.94. The van der Waals surface area contributed by atoms with Gasteiger partial charge in [-0.15, -0.1) is 0 Å². The molecule has 1 amide bonds. The maximum Gasteiger partial charge on any atom is 0.272 e. The zero-order valence-electron chi connectivity index (χ0n) is 17.7. The van der Waals surface area contributed by atoms with E-state index < -0.39 is 0 Å². The van der Waals surface area contributed by atoms with E-state index in [1.54, 1.807) is 0 Å². The molecular formula is C23H27ClN4O2. The third kappa shape index (κ3) is 4.21. The molecule has 0 unspecified atom stereocenters. The summed E-state index contributed by atoms with van der Waals surface area (Å²) in [5, 5.41) is 9.13. The average Bonchev–Trinajstić information content (AvgIpc) is 3.08. The van der Waals surface area contributed by atoms with Crippen molar-refractivity contribution in [3.8, 4) is 0 Å². The molecule has 6 nitrogen and oxygen atoms in total. The first kappa shape index (κ1) is 20.8. The second-order valence-corrected chi connectivity index (χ2v) is 8.29. The van der Waals surface area contributed by atoms with Gasteiger partial charge in [-0.1, -0.05) is 23.7 Å². The van der Waals surface area contributed by atoms with Crippen LogP contribution in [-0.4, -0.2) is 46.9 Å². The molecule has 3 aromatic rings. The standard InChI is InChI=1S/C23H27ClN4O2/c1-15-16(2)22-20(12-18(15)14-28-8-10-30-11-9-28)21(26-27(22)3)23(29)25-13-17-4-6-19(24)7-5-17/h4-7,12H,8-11,13-14H2,1-3H3,(H,25,29). The minimum absolute atomic E-state index is 0.170. The Morgan fingerprint density at radius 1 is 1.17 bits per heavy atom. The number of carbonyl (C=O) groups excluding carboxylic acids is 1. The summed E-state index contributed by atoms with van der Waals surface area (Å²) in [6.07, 6.45) is 0. The predicted octanol–water partition coefficient (Wildman–Crippen LogP) is 3.61. The number of nitrogens with zero attached hydrogens (tertiary/aromatic N) is 3. The fourth-order valence-corrected chi connectivity index (χ4v) is 4.15. The molecule has 1 saturated heterocycles. The molecule has 0 aliphatic carbocycles. The van der Waals surface area contributed by atoms with E-state index in [0.717, 1.165) is 49.3 Å². The number of hydrogen-bond acceptors (Lipinski definition) is 4. The van der Waals surface area contributed by atoms with E-state index in [-0.39, 0.29) is 5.91 Å². The van der Waals surface area contributed by atoms with Gasteiger partial charge in [0.1, 0.15) is 0 Å². The van der Waals surface area contributed by atoms with Crippen LogP contribution in [0.1, 0.15) is 32.7 Å². The number of rotatable bonds is 5. The van der Waals surface area contributed by atoms with Crippen molar-refractivity contribution in [2.75, 3.05) is 26.3 Å². The Hall–Kier alpha value is -2.41. The molecule has 158 valence electrons. The first-order valence-corrected chi connectivity index (χ1v) is 10.6. The molecule has 1 N–H and O–H groups in total. The van der Waals surface area contributed by atoms with Crippen molar-refractivity contribution < 1.29 is 9.53 Å². The lowest BCUT2D eigenvalue weighted by Gasteiger charge is -2.27. The number of morpholine rings is 1. The Morgan fingerprint density at radius 3 is 2.57 bits per heavy atom. The van der Waals surface area contributed by atoms with Gasteiger partial charge in [0.25, 0.3) is 5.91 Å². The minimum Gasteiger partial charge on any atom is -0.379 e. The molecule has 1 fully saturated rings. The summed E-state index contributed by atoms with van der Waals surface area (Å²) >= 11 is 5.94. The highest BCUT2D eigenvalue weighted by Crippen LogP contribution is 2.28. The topological polar surface area (TPSA) is 59.4 Å². The summed E-state index contributed by atoms with van der Waals surface area (Å²) in [7, 11) is 1.90. The lowest BCUT2D eigenvalue weighted by Crippen LogP contribution is -2.35. The Kier molecular flexibility index (Phi) is 6.09. The van der Waals surface area contributed by atoms with E-state index in [1.807, 2.05) is 36.0 Å². The maximum absolute atomic E-state index is 13.0. The van der Waals surface area contributed by atoms with Gasteiger partial charge in [-0.3, -0.25) is 14.4 Å². The SMILES string of the molecule is Cc1c(CN2CCOCC2)cc2c(C(=O)NCc3ccc(Cl)cc3)nn(C)c2c1C. The molecule has 30 heavy (non-hydrogen) atoms. The van der Waals surface area contributed by atoms with Crippen LogP contribution >= 0.6 is 11.6 Å². The van der Waals surface area contributed by atoms with Crippen LogP contribution in [0.25, 0.3) is 10.9 Å². The minimum atomic E-state index is -0.170. The summed E-state index contributed by atoms with van der Waals surface area (Å²) in [6, 6.07) is 9.60. The average molecular weight is 427 g/mol. The number of aromatic nitrogens is 2. The summed E-state index contributed by atoms with van der Waals surface area (Å²) in [4.78, 5) is 15.4. The number of hydrogen-bond donors (Lipinski definition) is 1. The van der Waals surface area contributed by atoms with Crippen molar-refractivity contribution in [3.63, 3.8) is 0 Å². The largest absolute Gasteiger partial charge is 0.379 e. The molecule has 0 radical (unpaired) electrons. The highest BCUT2D eigenvalue weighted by Gasteiger charge is 2.21. The number of ether oxygens (including phenoxy) is 1. The monoisotopic (exact) mass is 426 g/mol. The Morgan fingerprint density at radius 2 is 1.87 bits per heavy atom. The number of carbonyl (C=O) groups is 1. The number of halogens is 1. The molecule has 1 aromatic heterocycles. The van der Waals surface area contributed by atoms with E-state index >= 15 is 0 Å². The molecule has 1 aliphatic heterocycles. The maximum atomic E-state index is 13.0. The predicted molar refractivity (Wildman–Crippen MR) is 119 cm³/mol. The fraction of sp³-hybridized carbons (Fsp3) is 0.391. The van der Waals surface area contributed by atoms with Gasteiger partial charge in [0.2, 0.25) is 0 Å². The van der Waals surface area contributed by atoms with Crippen LogP contribution in [0, 0.1) is 13.8 Å². The van der Waals surface area contributed by atoms with Crippen LogP contribution in [0.3, 0.4) is 0 Å². The zero-order chi connectivity index (χ0) is 21.3. The van der Waals surface area contributed by atoms with Crippen molar-refractivity contribution in [1.29, 1.82) is 0 Å². The number of aryl methyl sites for hydroxylation is 2. The van der Waals surface area contributed by atoms with Gasteiger partial charge in [0, 0.05) is 43.6 Å². The van der Waals surface area contributed by atoms with Crippen molar-refractivity contribution in [2.24, 2.45) is 7.05 Å². The first-order chi connectivity index (χ1) is 14.4. The molecule has 4 rings (SSSR count). The van der Waals surface area contributed by atoms with Gasteiger partial charge < -0.3 is 10.1 Å². The quantitative estimate of drug-likeness (QED) is 0.677. The molecule has 1 aliphatic rings. The Balaban J connectivity index is 1.62. The molecule has 0 spiro atoms. The molecule has 7 heteroatoms. The molecule has 2 heterocycles. The van der Waals surface area contributed by atoms with E-state index in [9.17, 15) is 4.79 Å². The van der Waals surface area contributed by atoms with Crippen LogP contribution in [0.15, 0.2) is 30.3 Å². The lowest BCUT2D eigenvalue weighted by molar-refractivity contribution is 0.0341. The van der Waals surface area contributed by atoms with Crippen LogP contribution in [-0.2, 0) is 24.9 Å². The Bertz CT molecular complexity index is 1070. The second-order valence-electron chi connectivity index (χ2n) is 7.85. The zero-order valence-corrected chi connectivity index (χ0v) is 18.4. The van der Waals surface area contributed by atoms with Crippen molar-refractivity contribution in [3.05, 3.63) is 63.3 Å². The smallest absolute Gasteiger partial charge is 0.272 e. The lowest BCUT2D eigenvalue weighted by atomic mass is 9.98. The van der Waals surface area contributed by atoms with Crippen LogP contribution in [0.2, 0.25) is 5.02 Å². The number of fused-ring (bicyclic) bond motifs is 1. The van der Waals surface area contributed by atoms with Gasteiger partial charge in [-0.25, -0.2) is 0 Å². The fourth-order valence-electron chi connectivity index (χ4n) is 4.02. The summed E-state index contributed by atoms with van der Waals surface area (Å²) in [5.74, 6) is -0.170. The van der Waals surface area contributed by atoms with Crippen LogP contribution in [0.4, 0.5) is 0 Å². The van der Waals surface area contributed by atoms with Crippen molar-refractivity contribution in [1.82, 2.24) is 20.0 Å². The van der Waals surface area contributed by atoms with E-state index in [0.29, 0.717) is 17.3 Å². The van der Waals surface area contributed by atoms with E-state index in [1.165, 1.54) is 16.7 Å². The molecule has 2 aromatic carbocycles. The van der Waals surface area contributed by atoms with E-state index in [2.05, 4.69) is 35.2 Å². The third-order valence-electron chi connectivity index (χ3n) is 5.88. The number of amides is 1. The second kappa shape index (κ2) is 8.76. The van der Waals surface area contributed by atoms with Crippen molar-refractivity contribution in [2.45, 2.75) is 26.9 Å². The van der Waals surface area contributed by atoms with Gasteiger partial charge in [-0.05, 0) is 54.3 Å². The first-order valence-electron chi connectivity index (χ1n) is 10.2. The number of benzene rings is 2. The molecule has 0 bridgehead atoms. The van der Waals surface area contributed by atoms with Crippen LogP contribution < -0.4 is 5.32 Å². The van der Waals surface area contributed by atoms with Gasteiger partial charge >= 0.3 is 0 Å². The highest BCUT2D eigenvalue weighted by atomic mass is 35.5. The summed E-state index contributed by atoms with van der Waals surface area (Å²) < 4.78 is 7.28. The molecule has 0 saturated carbocycles. The normalized spacial score (nSPS) is 14.9. The Labute approximate surface area is 181 Å². The third-order valence-corrected chi connectivity index (χ3v) is 6.13. The highest BCUT2D eigenvalue weighted by molar-refractivity contribution is 6.30. The van der Waals surface area contributed by atoms with Crippen molar-refractivity contribution >= 4 is 28.4 Å². The summed E-state index contributed by atoms with van der Waals surface area (Å²) in [5.41, 5.74) is 6.13. The van der Waals surface area contributed by atoms with Gasteiger partial charge in [0.15, 0.2) is 5.69 Å².